The van der Waals surface area contributed by atoms with E-state index in [2.05, 4.69) is 0 Å². The first-order chi connectivity index (χ1) is 15.2. The Morgan fingerprint density at radius 1 is 1.12 bits per heavy atom. The molecule has 0 amide bonds. The Morgan fingerprint density at radius 2 is 1.78 bits per heavy atom. The summed E-state index contributed by atoms with van der Waals surface area (Å²) >= 11 is 0. The van der Waals surface area contributed by atoms with Gasteiger partial charge in [0.25, 0.3) is 0 Å². The van der Waals surface area contributed by atoms with Crippen LogP contribution in [-0.2, 0) is 21.1 Å². The lowest BCUT2D eigenvalue weighted by Gasteiger charge is -2.29. The Bertz CT molecular complexity index is 975. The van der Waals surface area contributed by atoms with Gasteiger partial charge in [-0.25, -0.2) is 0 Å². The molecule has 0 saturated heterocycles. The van der Waals surface area contributed by atoms with E-state index in [0.29, 0.717) is 47.9 Å². The molecule has 0 unspecified atom stereocenters. The summed E-state index contributed by atoms with van der Waals surface area (Å²) in [6, 6.07) is 8.56. The summed E-state index contributed by atoms with van der Waals surface area (Å²) in [6.45, 7) is 2.60. The fourth-order valence-corrected chi connectivity index (χ4v) is 4.45. The van der Waals surface area contributed by atoms with Crippen LogP contribution in [0.4, 0.5) is 18.9 Å². The van der Waals surface area contributed by atoms with E-state index in [9.17, 15) is 18.0 Å². The quantitative estimate of drug-likeness (QED) is 0.410. The van der Waals surface area contributed by atoms with Gasteiger partial charge in [-0.05, 0) is 73.9 Å². The van der Waals surface area contributed by atoms with Crippen LogP contribution in [0.25, 0.3) is 11.1 Å². The van der Waals surface area contributed by atoms with Crippen LogP contribution in [0.1, 0.15) is 56.6 Å². The van der Waals surface area contributed by atoms with Gasteiger partial charge in [0.1, 0.15) is 5.75 Å². The molecule has 0 heterocycles. The lowest BCUT2D eigenvalue weighted by molar-refractivity contribution is -0.150. The van der Waals surface area contributed by atoms with E-state index < -0.39 is 17.2 Å². The van der Waals surface area contributed by atoms with Crippen molar-refractivity contribution in [3.63, 3.8) is 0 Å². The summed E-state index contributed by atoms with van der Waals surface area (Å²) in [5, 5.41) is 0. The third-order valence-corrected chi connectivity index (χ3v) is 6.51. The molecule has 2 fully saturated rings. The van der Waals surface area contributed by atoms with Gasteiger partial charge in [0.15, 0.2) is 0 Å². The van der Waals surface area contributed by atoms with E-state index >= 15 is 0 Å². The summed E-state index contributed by atoms with van der Waals surface area (Å²) in [6.07, 6.45) is 0.918. The lowest BCUT2D eigenvalue weighted by Crippen LogP contribution is -2.35. The lowest BCUT2D eigenvalue weighted by atomic mass is 9.77. The second-order valence-corrected chi connectivity index (χ2v) is 8.77. The van der Waals surface area contributed by atoms with Crippen LogP contribution in [-0.4, -0.2) is 19.2 Å². The van der Waals surface area contributed by atoms with E-state index in [1.807, 2.05) is 12.1 Å². The second kappa shape index (κ2) is 8.68. The highest BCUT2D eigenvalue weighted by molar-refractivity contribution is 5.88. The standard InChI is InChI=1S/C25H28F3NO3/c1-2-31-23(30)24(11-3-4-12-24)19-13-20(17-7-9-18(10-8-17)25(26,27)28)22(29)21(14-19)32-15-16-5-6-16/h7-10,13-14,16H,2-6,11-12,15,29H2,1H3. The fourth-order valence-electron chi connectivity index (χ4n) is 4.45. The first-order valence-corrected chi connectivity index (χ1v) is 11.2. The first-order valence-electron chi connectivity index (χ1n) is 11.2. The molecule has 2 N–H and O–H groups in total. The number of anilines is 1. The molecule has 32 heavy (non-hydrogen) atoms. The van der Waals surface area contributed by atoms with Crippen molar-refractivity contribution >= 4 is 11.7 Å². The van der Waals surface area contributed by atoms with E-state index in [0.717, 1.165) is 43.4 Å². The van der Waals surface area contributed by atoms with Crippen LogP contribution >= 0.6 is 0 Å². The third-order valence-electron chi connectivity index (χ3n) is 6.51. The van der Waals surface area contributed by atoms with Gasteiger partial charge in [-0.2, -0.15) is 13.2 Å². The maximum Gasteiger partial charge on any atom is 0.416 e. The van der Waals surface area contributed by atoms with Gasteiger partial charge >= 0.3 is 12.1 Å². The molecule has 2 aromatic carbocycles. The minimum absolute atomic E-state index is 0.270. The third kappa shape index (κ3) is 4.43. The SMILES string of the molecule is CCOC(=O)C1(c2cc(OCC3CC3)c(N)c(-c3ccc(C(F)(F)F)cc3)c2)CCCC1. The molecule has 2 aliphatic carbocycles. The number of alkyl halides is 3. The van der Waals surface area contributed by atoms with E-state index in [-0.39, 0.29) is 12.6 Å². The number of halogens is 3. The average Bonchev–Trinajstić information content (AvgIpc) is 3.46. The van der Waals surface area contributed by atoms with Crippen LogP contribution in [0.5, 0.6) is 5.75 Å². The van der Waals surface area contributed by atoms with Crippen molar-refractivity contribution < 1.29 is 27.4 Å². The number of esters is 1. The van der Waals surface area contributed by atoms with Crippen molar-refractivity contribution in [3.05, 3.63) is 47.5 Å². The highest BCUT2D eigenvalue weighted by Gasteiger charge is 2.45. The van der Waals surface area contributed by atoms with Crippen LogP contribution in [0.2, 0.25) is 0 Å². The Labute approximate surface area is 185 Å². The Morgan fingerprint density at radius 3 is 2.34 bits per heavy atom. The topological polar surface area (TPSA) is 61.5 Å². The van der Waals surface area contributed by atoms with Crippen molar-refractivity contribution in [3.8, 4) is 16.9 Å². The molecule has 4 nitrogen and oxygen atoms in total. The van der Waals surface area contributed by atoms with Crippen LogP contribution < -0.4 is 10.5 Å². The van der Waals surface area contributed by atoms with Gasteiger partial charge in [0.05, 0.1) is 29.9 Å². The Hall–Kier alpha value is -2.70. The van der Waals surface area contributed by atoms with E-state index in [1.165, 1.54) is 12.1 Å². The number of carbonyl (C=O) groups is 1. The minimum Gasteiger partial charge on any atom is -0.491 e. The Kier molecular flexibility index (Phi) is 6.10. The van der Waals surface area contributed by atoms with Gasteiger partial charge in [-0.15, -0.1) is 0 Å². The molecule has 0 aliphatic heterocycles. The van der Waals surface area contributed by atoms with Gasteiger partial charge in [-0.3, -0.25) is 4.79 Å². The predicted molar refractivity (Wildman–Crippen MR) is 116 cm³/mol. The van der Waals surface area contributed by atoms with Crippen molar-refractivity contribution in [2.75, 3.05) is 18.9 Å². The Balaban J connectivity index is 1.80. The summed E-state index contributed by atoms with van der Waals surface area (Å²) in [5.41, 5.74) is 7.15. The molecular formula is C25H28F3NO3. The van der Waals surface area contributed by atoms with E-state index in [1.54, 1.807) is 6.92 Å². The second-order valence-electron chi connectivity index (χ2n) is 8.77. The number of nitrogen functional groups attached to an aromatic ring is 1. The van der Waals surface area contributed by atoms with Gasteiger partial charge in [0.2, 0.25) is 0 Å². The molecule has 172 valence electrons. The highest BCUT2D eigenvalue weighted by atomic mass is 19.4. The smallest absolute Gasteiger partial charge is 0.416 e. The van der Waals surface area contributed by atoms with Gasteiger partial charge < -0.3 is 15.2 Å². The zero-order chi connectivity index (χ0) is 22.9. The molecule has 0 radical (unpaired) electrons. The molecule has 2 saturated carbocycles. The molecule has 7 heteroatoms. The number of ether oxygens (including phenoxy) is 2. The maximum atomic E-state index is 13.0. The van der Waals surface area contributed by atoms with Crippen molar-refractivity contribution in [2.24, 2.45) is 5.92 Å². The van der Waals surface area contributed by atoms with Crippen molar-refractivity contribution in [2.45, 2.75) is 57.0 Å². The van der Waals surface area contributed by atoms with Crippen LogP contribution in [0.15, 0.2) is 36.4 Å². The molecule has 0 bridgehead atoms. The van der Waals surface area contributed by atoms with Crippen molar-refractivity contribution in [1.29, 1.82) is 0 Å². The monoisotopic (exact) mass is 447 g/mol. The zero-order valence-corrected chi connectivity index (χ0v) is 18.1. The molecule has 2 aromatic rings. The largest absolute Gasteiger partial charge is 0.491 e. The normalized spacial score (nSPS) is 17.9. The van der Waals surface area contributed by atoms with Crippen LogP contribution in [0.3, 0.4) is 0 Å². The molecule has 0 spiro atoms. The minimum atomic E-state index is -4.41. The van der Waals surface area contributed by atoms with Gasteiger partial charge in [0, 0.05) is 5.56 Å². The summed E-state index contributed by atoms with van der Waals surface area (Å²) in [5.74, 6) is 0.701. The summed E-state index contributed by atoms with van der Waals surface area (Å²) < 4.78 is 50.5. The fraction of sp³-hybridized carbons (Fsp3) is 0.480. The number of rotatable bonds is 7. The number of hydrogen-bond donors (Lipinski definition) is 1. The van der Waals surface area contributed by atoms with E-state index in [4.69, 9.17) is 15.2 Å². The molecule has 4 rings (SSSR count). The molecule has 2 aliphatic rings. The number of nitrogens with two attached hydrogens (primary N) is 1. The van der Waals surface area contributed by atoms with Crippen LogP contribution in [0, 0.1) is 5.92 Å². The zero-order valence-electron chi connectivity index (χ0n) is 18.1. The van der Waals surface area contributed by atoms with Gasteiger partial charge in [-0.1, -0.05) is 25.0 Å². The average molecular weight is 447 g/mol. The highest BCUT2D eigenvalue weighted by Crippen LogP contribution is 2.47. The number of hydrogen-bond acceptors (Lipinski definition) is 4. The molecular weight excluding hydrogens is 419 g/mol. The predicted octanol–water partition coefficient (Wildman–Crippen LogP) is 6.12. The summed E-state index contributed by atoms with van der Waals surface area (Å²) in [4.78, 5) is 13.0. The maximum absolute atomic E-state index is 13.0. The number of benzene rings is 2. The summed E-state index contributed by atoms with van der Waals surface area (Å²) in [7, 11) is 0. The molecule has 0 aromatic heterocycles. The molecule has 0 atom stereocenters. The number of carbonyl (C=O) groups excluding carboxylic acids is 1. The van der Waals surface area contributed by atoms with Crippen molar-refractivity contribution in [1.82, 2.24) is 0 Å². The first kappa shape index (κ1) is 22.5.